The van der Waals surface area contributed by atoms with Crippen molar-refractivity contribution in [2.45, 2.75) is 0 Å². The van der Waals surface area contributed by atoms with Gasteiger partial charge in [-0.3, -0.25) is 9.59 Å². The van der Waals surface area contributed by atoms with Crippen LogP contribution in [0.2, 0.25) is 0 Å². The highest BCUT2D eigenvalue weighted by Crippen LogP contribution is 2.11. The minimum Gasteiger partial charge on any atom is -0.298 e. The van der Waals surface area contributed by atoms with Crippen LogP contribution in [0.3, 0.4) is 0 Å². The number of carbonyl (C=O) groups is 2. The number of aromatic nitrogens is 2. The van der Waals surface area contributed by atoms with Gasteiger partial charge in [-0.1, -0.05) is 0 Å². The van der Waals surface area contributed by atoms with Gasteiger partial charge in [0.1, 0.15) is 5.69 Å². The number of carbonyl (C=O) groups excluding carboxylic acids is 2. The average Bonchev–Trinajstić information content (AvgIpc) is 2.27. The van der Waals surface area contributed by atoms with E-state index in [1.165, 1.54) is 0 Å². The van der Waals surface area contributed by atoms with E-state index in [1.807, 2.05) is 0 Å². The molecule has 0 aliphatic rings. The molecule has 4 nitrogen and oxygen atoms in total. The summed E-state index contributed by atoms with van der Waals surface area (Å²) >= 11 is 0. The van der Waals surface area contributed by atoms with Crippen LogP contribution < -0.4 is 0 Å². The zero-order valence-corrected chi connectivity index (χ0v) is 7.18. The predicted octanol–water partition coefficient (Wildman–Crippen LogP) is 1.25. The van der Waals surface area contributed by atoms with Crippen molar-refractivity contribution in [1.82, 2.24) is 9.97 Å². The van der Waals surface area contributed by atoms with E-state index in [9.17, 15) is 9.59 Å². The lowest BCUT2D eigenvalue weighted by molar-refractivity contribution is 0.109. The Hall–Kier alpha value is -2.10. The van der Waals surface area contributed by atoms with Gasteiger partial charge in [-0.15, -0.1) is 0 Å². The predicted molar refractivity (Wildman–Crippen MR) is 50.3 cm³/mol. The fourth-order valence-corrected chi connectivity index (χ4v) is 1.22. The number of aldehydes is 2. The molecule has 68 valence electrons. The molecule has 0 atom stereocenters. The van der Waals surface area contributed by atoms with Crippen LogP contribution in [0.25, 0.3) is 11.0 Å². The van der Waals surface area contributed by atoms with E-state index in [0.29, 0.717) is 23.8 Å². The molecule has 0 radical (unpaired) electrons. The topological polar surface area (TPSA) is 59.9 Å². The monoisotopic (exact) mass is 186 g/mol. The third-order valence-electron chi connectivity index (χ3n) is 1.89. The maximum Gasteiger partial charge on any atom is 0.169 e. The molecule has 0 saturated heterocycles. The van der Waals surface area contributed by atoms with Crippen LogP contribution >= 0.6 is 0 Å². The highest BCUT2D eigenvalue weighted by molar-refractivity contribution is 5.93. The van der Waals surface area contributed by atoms with E-state index in [1.54, 1.807) is 24.4 Å². The van der Waals surface area contributed by atoms with Crippen LogP contribution in [0, 0.1) is 0 Å². The first kappa shape index (κ1) is 8.50. The molecule has 2 heterocycles. The number of hydrogen-bond acceptors (Lipinski definition) is 4. The summed E-state index contributed by atoms with van der Waals surface area (Å²) in [6, 6.07) is 5.14. The lowest BCUT2D eigenvalue weighted by atomic mass is 10.2. The molecule has 0 spiro atoms. The maximum atomic E-state index is 10.6. The molecule has 0 unspecified atom stereocenters. The van der Waals surface area contributed by atoms with Crippen molar-refractivity contribution in [2.24, 2.45) is 0 Å². The Bertz CT molecular complexity index is 462. The van der Waals surface area contributed by atoms with Crippen molar-refractivity contribution in [3.8, 4) is 0 Å². The fourth-order valence-electron chi connectivity index (χ4n) is 1.22. The van der Waals surface area contributed by atoms with Gasteiger partial charge in [0.2, 0.25) is 0 Å². The van der Waals surface area contributed by atoms with Gasteiger partial charge in [-0.05, 0) is 18.2 Å². The molecule has 2 aromatic heterocycles. The number of rotatable bonds is 2. The third kappa shape index (κ3) is 1.26. The van der Waals surface area contributed by atoms with Gasteiger partial charge in [0.15, 0.2) is 18.2 Å². The van der Waals surface area contributed by atoms with Crippen molar-refractivity contribution in [1.29, 1.82) is 0 Å². The minimum atomic E-state index is 0.131. The number of pyridine rings is 2. The highest BCUT2D eigenvalue weighted by atomic mass is 16.1. The van der Waals surface area contributed by atoms with Crippen LogP contribution in [0.4, 0.5) is 0 Å². The fraction of sp³-hybridized carbons (Fsp3) is 0. The molecule has 0 bridgehead atoms. The first-order valence-corrected chi connectivity index (χ1v) is 4.01. The molecule has 2 rings (SSSR count). The molecule has 0 aromatic carbocycles. The molecule has 0 aliphatic carbocycles. The second-order valence-corrected chi connectivity index (χ2v) is 2.75. The van der Waals surface area contributed by atoms with E-state index in [-0.39, 0.29) is 5.69 Å². The van der Waals surface area contributed by atoms with Crippen LogP contribution in [-0.2, 0) is 0 Å². The molecular weight excluding hydrogens is 180 g/mol. The number of hydrogen-bond donors (Lipinski definition) is 0. The van der Waals surface area contributed by atoms with Gasteiger partial charge in [0.25, 0.3) is 0 Å². The molecule has 0 amide bonds. The second-order valence-electron chi connectivity index (χ2n) is 2.75. The smallest absolute Gasteiger partial charge is 0.169 e. The lowest BCUT2D eigenvalue weighted by Gasteiger charge is -1.98. The summed E-state index contributed by atoms with van der Waals surface area (Å²) in [6.45, 7) is 0. The van der Waals surface area contributed by atoms with Crippen LogP contribution in [-0.4, -0.2) is 22.5 Å². The van der Waals surface area contributed by atoms with Crippen LogP contribution in [0.1, 0.15) is 20.8 Å². The summed E-state index contributed by atoms with van der Waals surface area (Å²) in [5, 5.41) is 0.750. The van der Waals surface area contributed by atoms with Gasteiger partial charge in [-0.25, -0.2) is 9.97 Å². The summed E-state index contributed by atoms with van der Waals surface area (Å²) < 4.78 is 0. The molecule has 0 fully saturated rings. The normalized spacial score (nSPS) is 10.0. The van der Waals surface area contributed by atoms with Crippen molar-refractivity contribution in [2.75, 3.05) is 0 Å². The Labute approximate surface area is 79.6 Å². The summed E-state index contributed by atoms with van der Waals surface area (Å²) in [4.78, 5) is 29.1. The van der Waals surface area contributed by atoms with Crippen molar-refractivity contribution >= 4 is 23.6 Å². The summed E-state index contributed by atoms with van der Waals surface area (Å²) in [5.41, 5.74) is 0.895. The van der Waals surface area contributed by atoms with E-state index in [2.05, 4.69) is 9.97 Å². The molecule has 14 heavy (non-hydrogen) atoms. The Morgan fingerprint density at radius 3 is 2.79 bits per heavy atom. The lowest BCUT2D eigenvalue weighted by Crippen LogP contribution is -1.96. The largest absolute Gasteiger partial charge is 0.298 e. The molecule has 0 aliphatic heterocycles. The zero-order valence-electron chi connectivity index (χ0n) is 7.18. The Morgan fingerprint density at radius 1 is 1.21 bits per heavy atom. The maximum absolute atomic E-state index is 10.6. The van der Waals surface area contributed by atoms with E-state index in [0.717, 1.165) is 5.39 Å². The van der Waals surface area contributed by atoms with Crippen LogP contribution in [0.15, 0.2) is 24.4 Å². The highest BCUT2D eigenvalue weighted by Gasteiger charge is 2.04. The van der Waals surface area contributed by atoms with Gasteiger partial charge < -0.3 is 0 Å². The van der Waals surface area contributed by atoms with E-state index >= 15 is 0 Å². The van der Waals surface area contributed by atoms with Gasteiger partial charge in [0, 0.05) is 17.1 Å². The van der Waals surface area contributed by atoms with Gasteiger partial charge in [-0.2, -0.15) is 0 Å². The SMILES string of the molecule is O=Cc1cc2cccnc2nc1C=O. The second kappa shape index (κ2) is 3.33. The van der Waals surface area contributed by atoms with Crippen molar-refractivity contribution in [3.05, 3.63) is 35.7 Å². The Kier molecular flexibility index (Phi) is 2.02. The average molecular weight is 186 g/mol. The quantitative estimate of drug-likeness (QED) is 0.662. The van der Waals surface area contributed by atoms with E-state index in [4.69, 9.17) is 0 Å². The van der Waals surface area contributed by atoms with Crippen molar-refractivity contribution in [3.63, 3.8) is 0 Å². The summed E-state index contributed by atoms with van der Waals surface area (Å²) in [5.74, 6) is 0. The van der Waals surface area contributed by atoms with Gasteiger partial charge in [0.05, 0.1) is 0 Å². The molecule has 4 heteroatoms. The van der Waals surface area contributed by atoms with Gasteiger partial charge >= 0.3 is 0 Å². The Morgan fingerprint density at radius 2 is 2.07 bits per heavy atom. The first-order chi connectivity index (χ1) is 6.85. The first-order valence-electron chi connectivity index (χ1n) is 4.01. The number of fused-ring (bicyclic) bond motifs is 1. The molecule has 2 aromatic rings. The molecule has 0 saturated carbocycles. The summed E-state index contributed by atoms with van der Waals surface area (Å²) in [6.07, 6.45) is 2.76. The summed E-state index contributed by atoms with van der Waals surface area (Å²) in [7, 11) is 0. The molecule has 0 N–H and O–H groups in total. The van der Waals surface area contributed by atoms with E-state index < -0.39 is 0 Å². The van der Waals surface area contributed by atoms with Crippen molar-refractivity contribution < 1.29 is 9.59 Å². The standard InChI is InChI=1S/C10H6N2O2/c13-5-8-4-7-2-1-3-11-10(7)12-9(8)6-14/h1-6H. The molecular formula is C10H6N2O2. The third-order valence-corrected chi connectivity index (χ3v) is 1.89. The zero-order chi connectivity index (χ0) is 9.97. The minimum absolute atomic E-state index is 0.131. The number of nitrogens with zero attached hydrogens (tertiary/aromatic N) is 2. The Balaban J connectivity index is 2.81. The van der Waals surface area contributed by atoms with Crippen LogP contribution in [0.5, 0.6) is 0 Å².